The molecular formula is C9H13NO5. The van der Waals surface area contributed by atoms with Crippen LogP contribution in [0.4, 0.5) is 0 Å². The van der Waals surface area contributed by atoms with Gasteiger partial charge in [0.15, 0.2) is 18.5 Å². The summed E-state index contributed by atoms with van der Waals surface area (Å²) in [5.41, 5.74) is 0. The largest absolute Gasteiger partial charge is 0.472 e. The molecule has 0 aliphatic carbocycles. The van der Waals surface area contributed by atoms with Crippen LogP contribution in [-0.4, -0.2) is 50.6 Å². The number of carbonyl (C=O) groups excluding carboxylic acids is 1. The van der Waals surface area contributed by atoms with Crippen molar-refractivity contribution < 1.29 is 23.7 Å². The van der Waals surface area contributed by atoms with E-state index in [-0.39, 0.29) is 0 Å². The number of hydrogen-bond donors (Lipinski definition) is 0. The third-order valence-electron chi connectivity index (χ3n) is 2.54. The number of methoxy groups -OCH3 is 1. The molecule has 2 rings (SSSR count). The Balaban J connectivity index is 2.12. The van der Waals surface area contributed by atoms with E-state index in [2.05, 4.69) is 9.73 Å². The smallest absolute Gasteiger partial charge is 0.334 e. The fraction of sp³-hybridized carbons (Fsp3) is 0.778. The van der Waals surface area contributed by atoms with Crippen LogP contribution in [-0.2, 0) is 23.7 Å². The number of rotatable bonds is 2. The van der Waals surface area contributed by atoms with Crippen LogP contribution in [0.2, 0.25) is 0 Å². The molecule has 6 heteroatoms. The molecule has 15 heavy (non-hydrogen) atoms. The highest BCUT2D eigenvalue weighted by Crippen LogP contribution is 2.30. The first-order valence-corrected chi connectivity index (χ1v) is 4.70. The third kappa shape index (κ3) is 1.70. The standard InChI is InChI=1S/C9H13NO5/c1-9(14-3-4-15-9)7-6(8(11)12-2)10-5-13-7/h5-7H,3-4H2,1-2H3/t6-,7+/m0/s1. The van der Waals surface area contributed by atoms with Crippen molar-refractivity contribution >= 4 is 12.4 Å². The van der Waals surface area contributed by atoms with E-state index in [0.717, 1.165) is 0 Å². The van der Waals surface area contributed by atoms with Crippen molar-refractivity contribution in [1.29, 1.82) is 0 Å². The highest BCUT2D eigenvalue weighted by molar-refractivity contribution is 5.79. The molecule has 6 nitrogen and oxygen atoms in total. The average molecular weight is 215 g/mol. The van der Waals surface area contributed by atoms with Crippen molar-refractivity contribution in [3.8, 4) is 0 Å². The Labute approximate surface area is 87.2 Å². The van der Waals surface area contributed by atoms with Crippen molar-refractivity contribution in [2.75, 3.05) is 20.3 Å². The van der Waals surface area contributed by atoms with Crippen LogP contribution in [0.25, 0.3) is 0 Å². The van der Waals surface area contributed by atoms with Crippen LogP contribution in [0.1, 0.15) is 6.92 Å². The van der Waals surface area contributed by atoms with Gasteiger partial charge in [0, 0.05) is 0 Å². The van der Waals surface area contributed by atoms with E-state index in [1.165, 1.54) is 13.5 Å². The zero-order valence-corrected chi connectivity index (χ0v) is 8.63. The summed E-state index contributed by atoms with van der Waals surface area (Å²) < 4.78 is 20.7. The fourth-order valence-electron chi connectivity index (χ4n) is 1.73. The normalized spacial score (nSPS) is 32.7. The Morgan fingerprint density at radius 3 is 2.80 bits per heavy atom. The van der Waals surface area contributed by atoms with Crippen molar-refractivity contribution in [2.24, 2.45) is 4.99 Å². The van der Waals surface area contributed by atoms with Crippen LogP contribution >= 0.6 is 0 Å². The Hall–Kier alpha value is -1.14. The van der Waals surface area contributed by atoms with Gasteiger partial charge in [0.1, 0.15) is 0 Å². The minimum absolute atomic E-state index is 0.450. The van der Waals surface area contributed by atoms with Crippen LogP contribution in [0.5, 0.6) is 0 Å². The van der Waals surface area contributed by atoms with Gasteiger partial charge in [-0.2, -0.15) is 0 Å². The lowest BCUT2D eigenvalue weighted by molar-refractivity contribution is -0.205. The van der Waals surface area contributed by atoms with Crippen LogP contribution < -0.4 is 0 Å². The molecule has 2 aliphatic heterocycles. The molecule has 0 aromatic carbocycles. The first-order valence-electron chi connectivity index (χ1n) is 4.70. The van der Waals surface area contributed by atoms with Gasteiger partial charge >= 0.3 is 5.97 Å². The molecule has 0 spiro atoms. The van der Waals surface area contributed by atoms with Gasteiger partial charge < -0.3 is 18.9 Å². The Morgan fingerprint density at radius 1 is 1.53 bits per heavy atom. The van der Waals surface area contributed by atoms with Crippen molar-refractivity contribution in [2.45, 2.75) is 24.9 Å². The summed E-state index contributed by atoms with van der Waals surface area (Å²) in [4.78, 5) is 15.3. The maximum atomic E-state index is 11.4. The lowest BCUT2D eigenvalue weighted by atomic mass is 10.0. The number of ether oxygens (including phenoxy) is 4. The minimum Gasteiger partial charge on any atom is -0.472 e. The molecule has 2 atom stereocenters. The van der Waals surface area contributed by atoms with E-state index in [4.69, 9.17) is 14.2 Å². The van der Waals surface area contributed by atoms with Gasteiger partial charge in [-0.3, -0.25) is 0 Å². The predicted octanol–water partition coefficient (Wildman–Crippen LogP) is -0.282. The van der Waals surface area contributed by atoms with Crippen LogP contribution in [0, 0.1) is 0 Å². The molecule has 84 valence electrons. The number of carbonyl (C=O) groups is 1. The number of esters is 1. The van der Waals surface area contributed by atoms with E-state index in [0.29, 0.717) is 13.2 Å². The molecule has 0 aromatic heterocycles. The molecule has 0 saturated carbocycles. The molecular weight excluding hydrogens is 202 g/mol. The molecule has 0 aromatic rings. The van der Waals surface area contributed by atoms with E-state index >= 15 is 0 Å². The second-order valence-electron chi connectivity index (χ2n) is 3.49. The molecule has 1 fully saturated rings. The molecule has 0 N–H and O–H groups in total. The van der Waals surface area contributed by atoms with Gasteiger partial charge in [-0.05, 0) is 6.92 Å². The van der Waals surface area contributed by atoms with E-state index in [1.54, 1.807) is 6.92 Å². The molecule has 0 unspecified atom stereocenters. The van der Waals surface area contributed by atoms with E-state index in [1.807, 2.05) is 0 Å². The predicted molar refractivity (Wildman–Crippen MR) is 49.5 cm³/mol. The Bertz CT molecular complexity index is 284. The van der Waals surface area contributed by atoms with Gasteiger partial charge in [0.25, 0.3) is 0 Å². The minimum atomic E-state index is -0.921. The lowest BCUT2D eigenvalue weighted by Gasteiger charge is -2.30. The Morgan fingerprint density at radius 2 is 2.20 bits per heavy atom. The van der Waals surface area contributed by atoms with Crippen LogP contribution in [0.15, 0.2) is 4.99 Å². The quantitative estimate of drug-likeness (QED) is 0.592. The monoisotopic (exact) mass is 215 g/mol. The fourth-order valence-corrected chi connectivity index (χ4v) is 1.73. The molecule has 2 aliphatic rings. The van der Waals surface area contributed by atoms with Crippen LogP contribution in [0.3, 0.4) is 0 Å². The number of aliphatic imine (C=N–C) groups is 1. The topological polar surface area (TPSA) is 66.4 Å². The zero-order chi connectivity index (χ0) is 10.9. The van der Waals surface area contributed by atoms with Crippen molar-refractivity contribution in [3.63, 3.8) is 0 Å². The van der Waals surface area contributed by atoms with Gasteiger partial charge in [-0.15, -0.1) is 0 Å². The molecule has 0 amide bonds. The van der Waals surface area contributed by atoms with E-state index < -0.39 is 23.9 Å². The van der Waals surface area contributed by atoms with Gasteiger partial charge in [0.05, 0.1) is 20.3 Å². The summed E-state index contributed by atoms with van der Waals surface area (Å²) in [5.74, 6) is -1.37. The summed E-state index contributed by atoms with van der Waals surface area (Å²) in [7, 11) is 1.31. The third-order valence-corrected chi connectivity index (χ3v) is 2.54. The summed E-state index contributed by atoms with van der Waals surface area (Å²) in [6.07, 6.45) is 0.662. The second-order valence-corrected chi connectivity index (χ2v) is 3.49. The summed E-state index contributed by atoms with van der Waals surface area (Å²) in [6, 6.07) is -0.710. The maximum absolute atomic E-state index is 11.4. The SMILES string of the molecule is COC(=O)[C@H]1N=CO[C@H]1C1(C)OCCO1. The molecule has 0 radical (unpaired) electrons. The molecule has 0 bridgehead atoms. The van der Waals surface area contributed by atoms with Gasteiger partial charge in [-0.25, -0.2) is 9.79 Å². The highest BCUT2D eigenvalue weighted by atomic mass is 16.8. The maximum Gasteiger partial charge on any atom is 0.334 e. The first kappa shape index (κ1) is 10.4. The number of nitrogens with zero attached hydrogens (tertiary/aromatic N) is 1. The summed E-state index contributed by atoms with van der Waals surface area (Å²) >= 11 is 0. The van der Waals surface area contributed by atoms with Gasteiger partial charge in [0.2, 0.25) is 5.79 Å². The second kappa shape index (κ2) is 3.79. The van der Waals surface area contributed by atoms with Crippen molar-refractivity contribution in [3.05, 3.63) is 0 Å². The summed E-state index contributed by atoms with van der Waals surface area (Å²) in [5, 5.41) is 0. The van der Waals surface area contributed by atoms with Crippen molar-refractivity contribution in [1.82, 2.24) is 0 Å². The molecule has 1 saturated heterocycles. The van der Waals surface area contributed by atoms with E-state index in [9.17, 15) is 4.79 Å². The summed E-state index contributed by atoms with van der Waals surface area (Å²) in [6.45, 7) is 2.71. The van der Waals surface area contributed by atoms with Gasteiger partial charge in [-0.1, -0.05) is 0 Å². The average Bonchev–Trinajstić information content (AvgIpc) is 2.85. The number of hydrogen-bond acceptors (Lipinski definition) is 6. The zero-order valence-electron chi connectivity index (χ0n) is 8.63. The molecule has 2 heterocycles. The lowest BCUT2D eigenvalue weighted by Crippen LogP contribution is -2.49. The Kier molecular flexibility index (Phi) is 2.62. The highest BCUT2D eigenvalue weighted by Gasteiger charge is 2.50. The first-order chi connectivity index (χ1) is 7.17.